The number of hydrogen-bond acceptors (Lipinski definition) is 4. The number of fused-ring (bicyclic) bond motifs is 1. The molecule has 7 heteroatoms. The SMILES string of the molecule is CCCN1c2cc(F)c(/C=C3/C(=O)NC(=O)N(c4ccc(CC)cc4)C3=O)cc2C(C)=CC1(C)C. The fraction of sp³-hybridized carbons (Fsp3) is 0.321. The molecule has 0 radical (unpaired) electrons. The maximum absolute atomic E-state index is 15.3. The lowest BCUT2D eigenvalue weighted by atomic mass is 9.87. The standard InChI is InChI=1S/C28H30FN3O3/c1-6-12-31-24-15-23(29)19(13-21(24)17(3)16-28(31,4)5)14-22-25(33)30-27(35)32(26(22)34)20-10-8-18(7-2)9-11-20/h8-11,13-16H,6-7,12H2,1-5H3,(H,30,33,35)/b22-14-. The van der Waals surface area contributed by atoms with Gasteiger partial charge in [-0.3, -0.25) is 14.9 Å². The van der Waals surface area contributed by atoms with Crippen molar-refractivity contribution < 1.29 is 18.8 Å². The molecule has 182 valence electrons. The Bertz CT molecular complexity index is 1280. The van der Waals surface area contributed by atoms with Crippen molar-refractivity contribution in [1.29, 1.82) is 0 Å². The molecule has 1 N–H and O–H groups in total. The van der Waals surface area contributed by atoms with E-state index in [1.54, 1.807) is 18.2 Å². The number of benzene rings is 2. The Morgan fingerprint density at radius 3 is 2.37 bits per heavy atom. The lowest BCUT2D eigenvalue weighted by Crippen LogP contribution is -2.54. The van der Waals surface area contributed by atoms with Crippen LogP contribution in [-0.2, 0) is 16.0 Å². The van der Waals surface area contributed by atoms with Crippen LogP contribution in [0.1, 0.15) is 57.7 Å². The highest BCUT2D eigenvalue weighted by atomic mass is 19.1. The quantitative estimate of drug-likeness (QED) is 0.460. The summed E-state index contributed by atoms with van der Waals surface area (Å²) < 4.78 is 15.3. The number of urea groups is 1. The second-order valence-corrected chi connectivity index (χ2v) is 9.50. The van der Waals surface area contributed by atoms with Gasteiger partial charge in [-0.2, -0.15) is 0 Å². The fourth-order valence-corrected chi connectivity index (χ4v) is 4.79. The van der Waals surface area contributed by atoms with Crippen LogP contribution in [0.2, 0.25) is 0 Å². The van der Waals surface area contributed by atoms with Crippen LogP contribution in [0.5, 0.6) is 0 Å². The molecular weight excluding hydrogens is 445 g/mol. The molecule has 0 bridgehead atoms. The molecule has 2 heterocycles. The molecule has 0 aliphatic carbocycles. The summed E-state index contributed by atoms with van der Waals surface area (Å²) in [5.41, 5.74) is 3.54. The van der Waals surface area contributed by atoms with Gasteiger partial charge in [-0.1, -0.05) is 32.1 Å². The molecule has 0 atom stereocenters. The number of hydrogen-bond donors (Lipinski definition) is 1. The summed E-state index contributed by atoms with van der Waals surface area (Å²) in [5.74, 6) is -2.18. The third-order valence-corrected chi connectivity index (χ3v) is 6.55. The minimum Gasteiger partial charge on any atom is -0.362 e. The number of imide groups is 2. The van der Waals surface area contributed by atoms with Crippen molar-refractivity contribution in [2.45, 2.75) is 53.0 Å². The Balaban J connectivity index is 1.77. The summed E-state index contributed by atoms with van der Waals surface area (Å²) in [6.45, 7) is 11.0. The molecular formula is C28H30FN3O3. The zero-order chi connectivity index (χ0) is 25.5. The maximum atomic E-state index is 15.3. The first kappa shape index (κ1) is 24.4. The molecule has 1 saturated heterocycles. The molecule has 0 saturated carbocycles. The van der Waals surface area contributed by atoms with Crippen LogP contribution < -0.4 is 15.1 Å². The zero-order valence-corrected chi connectivity index (χ0v) is 20.7. The highest BCUT2D eigenvalue weighted by Gasteiger charge is 2.37. The molecule has 35 heavy (non-hydrogen) atoms. The second kappa shape index (κ2) is 9.13. The molecule has 0 unspecified atom stereocenters. The molecule has 4 amide bonds. The number of barbiturate groups is 1. The molecule has 2 aliphatic rings. The van der Waals surface area contributed by atoms with E-state index in [0.717, 1.165) is 46.7 Å². The summed E-state index contributed by atoms with van der Waals surface area (Å²) >= 11 is 0. The van der Waals surface area contributed by atoms with Gasteiger partial charge in [-0.15, -0.1) is 0 Å². The molecule has 0 aromatic heterocycles. The predicted molar refractivity (Wildman–Crippen MR) is 137 cm³/mol. The van der Waals surface area contributed by atoms with Crippen molar-refractivity contribution in [3.8, 4) is 0 Å². The van der Waals surface area contributed by atoms with E-state index in [9.17, 15) is 14.4 Å². The smallest absolute Gasteiger partial charge is 0.335 e. The molecule has 2 aliphatic heterocycles. The highest BCUT2D eigenvalue weighted by molar-refractivity contribution is 6.39. The first-order valence-corrected chi connectivity index (χ1v) is 11.9. The average molecular weight is 476 g/mol. The van der Waals surface area contributed by atoms with Crippen LogP contribution >= 0.6 is 0 Å². The van der Waals surface area contributed by atoms with Gasteiger partial charge in [0, 0.05) is 23.4 Å². The topological polar surface area (TPSA) is 69.7 Å². The monoisotopic (exact) mass is 475 g/mol. The number of carbonyl (C=O) groups is 3. The normalized spacial score (nSPS) is 18.5. The second-order valence-electron chi connectivity index (χ2n) is 9.50. The van der Waals surface area contributed by atoms with Crippen molar-refractivity contribution in [3.05, 3.63) is 70.6 Å². The van der Waals surface area contributed by atoms with Crippen LogP contribution in [0.25, 0.3) is 11.6 Å². The summed E-state index contributed by atoms with van der Waals surface area (Å²) in [6, 6.07) is 9.24. The number of nitrogens with one attached hydrogen (secondary N) is 1. The number of carbonyl (C=O) groups excluding carboxylic acids is 3. The number of aryl methyl sites for hydroxylation is 1. The summed E-state index contributed by atoms with van der Waals surface area (Å²) in [5, 5.41) is 2.20. The van der Waals surface area contributed by atoms with Gasteiger partial charge in [-0.05, 0) is 75.1 Å². The molecule has 2 aromatic rings. The van der Waals surface area contributed by atoms with Crippen molar-refractivity contribution in [1.82, 2.24) is 5.32 Å². The molecule has 4 rings (SSSR count). The number of anilines is 2. The van der Waals surface area contributed by atoms with E-state index >= 15 is 4.39 Å². The Hall–Kier alpha value is -3.74. The minimum atomic E-state index is -0.848. The molecule has 6 nitrogen and oxygen atoms in total. The van der Waals surface area contributed by atoms with Crippen molar-refractivity contribution in [2.24, 2.45) is 0 Å². The predicted octanol–water partition coefficient (Wildman–Crippen LogP) is 5.47. The van der Waals surface area contributed by atoms with E-state index in [-0.39, 0.29) is 16.7 Å². The molecule has 0 spiro atoms. The van der Waals surface area contributed by atoms with E-state index in [1.807, 2.05) is 26.0 Å². The van der Waals surface area contributed by atoms with Gasteiger partial charge in [-0.25, -0.2) is 14.1 Å². The van der Waals surface area contributed by atoms with E-state index in [2.05, 4.69) is 37.1 Å². The van der Waals surface area contributed by atoms with E-state index < -0.39 is 23.7 Å². The first-order valence-electron chi connectivity index (χ1n) is 11.9. The largest absolute Gasteiger partial charge is 0.362 e. The Labute approximate surface area is 205 Å². The van der Waals surface area contributed by atoms with Crippen LogP contribution in [0.15, 0.2) is 48.0 Å². The minimum absolute atomic E-state index is 0.113. The van der Waals surface area contributed by atoms with Gasteiger partial charge >= 0.3 is 6.03 Å². The fourth-order valence-electron chi connectivity index (χ4n) is 4.79. The molecule has 2 aromatic carbocycles. The highest BCUT2D eigenvalue weighted by Crippen LogP contribution is 2.40. The third kappa shape index (κ3) is 4.38. The Kier molecular flexibility index (Phi) is 6.36. The number of allylic oxidation sites excluding steroid dienone is 1. The van der Waals surface area contributed by atoms with Gasteiger partial charge < -0.3 is 4.90 Å². The van der Waals surface area contributed by atoms with Crippen molar-refractivity contribution in [3.63, 3.8) is 0 Å². The van der Waals surface area contributed by atoms with Crippen LogP contribution in [0.4, 0.5) is 20.6 Å². The lowest BCUT2D eigenvalue weighted by Gasteiger charge is -2.43. The summed E-state index contributed by atoms with van der Waals surface area (Å²) in [7, 11) is 0. The zero-order valence-electron chi connectivity index (χ0n) is 20.7. The van der Waals surface area contributed by atoms with Crippen molar-refractivity contribution in [2.75, 3.05) is 16.3 Å². The average Bonchev–Trinajstić information content (AvgIpc) is 2.80. The Morgan fingerprint density at radius 2 is 1.74 bits per heavy atom. The van der Waals surface area contributed by atoms with Gasteiger partial charge in [0.1, 0.15) is 11.4 Å². The summed E-state index contributed by atoms with van der Waals surface area (Å²) in [6.07, 6.45) is 5.08. The van der Waals surface area contributed by atoms with Gasteiger partial charge in [0.15, 0.2) is 0 Å². The lowest BCUT2D eigenvalue weighted by molar-refractivity contribution is -0.122. The van der Waals surface area contributed by atoms with Gasteiger partial charge in [0.2, 0.25) is 0 Å². The third-order valence-electron chi connectivity index (χ3n) is 6.55. The number of amides is 4. The summed E-state index contributed by atoms with van der Waals surface area (Å²) in [4.78, 5) is 41.4. The maximum Gasteiger partial charge on any atom is 0.335 e. The number of rotatable bonds is 5. The number of nitrogens with zero attached hydrogens (tertiary/aromatic N) is 2. The van der Waals surface area contributed by atoms with Gasteiger partial charge in [0.25, 0.3) is 11.8 Å². The van der Waals surface area contributed by atoms with Crippen molar-refractivity contribution >= 4 is 40.9 Å². The van der Waals surface area contributed by atoms with Crippen LogP contribution in [0.3, 0.4) is 0 Å². The van der Waals surface area contributed by atoms with Gasteiger partial charge in [0.05, 0.1) is 11.2 Å². The van der Waals surface area contributed by atoms with Crippen LogP contribution in [-0.4, -0.2) is 29.9 Å². The van der Waals surface area contributed by atoms with E-state index in [1.165, 1.54) is 12.1 Å². The molecule has 1 fully saturated rings. The Morgan fingerprint density at radius 1 is 1.06 bits per heavy atom. The van der Waals surface area contributed by atoms with Crippen LogP contribution in [0, 0.1) is 5.82 Å². The van der Waals surface area contributed by atoms with E-state index in [4.69, 9.17) is 0 Å². The number of halogens is 1. The van der Waals surface area contributed by atoms with E-state index in [0.29, 0.717) is 5.69 Å². The first-order chi connectivity index (χ1) is 16.6.